The molecule has 0 saturated carbocycles. The zero-order valence-electron chi connectivity index (χ0n) is 3.55. The zero-order chi connectivity index (χ0) is 5.11. The molecule has 0 aromatic heterocycles. The van der Waals surface area contributed by atoms with E-state index < -0.39 is 0 Å². The van der Waals surface area contributed by atoms with Crippen molar-refractivity contribution in [3.05, 3.63) is 0 Å². The van der Waals surface area contributed by atoms with Gasteiger partial charge in [-0.2, -0.15) is 0 Å². The first kappa shape index (κ1) is 5.09. The van der Waals surface area contributed by atoms with Gasteiger partial charge in [0.1, 0.15) is 0 Å². The van der Waals surface area contributed by atoms with Gasteiger partial charge in [-0.25, -0.2) is 0 Å². The number of hydrogen-bond donors (Lipinski definition) is 0. The van der Waals surface area contributed by atoms with Crippen LogP contribution in [0.4, 0.5) is 0 Å². The van der Waals surface area contributed by atoms with E-state index in [1.54, 1.807) is 0 Å². The third-order valence-corrected chi connectivity index (χ3v) is 1.01. The van der Waals surface area contributed by atoms with Crippen molar-refractivity contribution in [2.75, 3.05) is 13.6 Å². The van der Waals surface area contributed by atoms with Crippen molar-refractivity contribution >= 4 is 20.4 Å². The van der Waals surface area contributed by atoms with Gasteiger partial charge in [0.05, 0.1) is 0 Å². The Morgan fingerprint density at radius 3 is 2.14 bits per heavy atom. The van der Waals surface area contributed by atoms with E-state index in [1.165, 1.54) is 0 Å². The van der Waals surface area contributed by atoms with Crippen molar-refractivity contribution in [2.45, 2.75) is 0 Å². The fraction of sp³-hybridized carbons (Fsp3) is 0.667. The van der Waals surface area contributed by atoms with Crippen LogP contribution in [-0.4, -0.2) is 34.0 Å². The van der Waals surface area contributed by atoms with Crippen LogP contribution in [0.3, 0.4) is 0 Å². The summed E-state index contributed by atoms with van der Waals surface area (Å²) in [6, 6.07) is 0. The van der Waals surface area contributed by atoms with Crippen molar-refractivity contribution in [3.8, 4) is 0 Å². The van der Waals surface area contributed by atoms with Crippen molar-refractivity contribution in [2.24, 2.45) is 0 Å². The molecule has 0 amide bonds. The molecule has 0 bridgehead atoms. The Kier molecular flexibility index (Phi) is 1.68. The number of hydrogen-bond acceptors (Lipinski definition) is 3. The van der Waals surface area contributed by atoms with Gasteiger partial charge in [0.2, 0.25) is 0 Å². The third-order valence-electron chi connectivity index (χ3n) is 0.520. The Morgan fingerprint density at radius 2 is 1.86 bits per heavy atom. The van der Waals surface area contributed by atoms with Gasteiger partial charge in [-0.1, -0.05) is 0 Å². The van der Waals surface area contributed by atoms with Gasteiger partial charge in [-0.15, -0.1) is 0 Å². The summed E-state index contributed by atoms with van der Waals surface area (Å²) in [5.74, 6) is 0. The maximum absolute atomic E-state index is 4.69. The van der Waals surface area contributed by atoms with Gasteiger partial charge in [0.25, 0.3) is 0 Å². The molecule has 0 aromatic rings. The van der Waals surface area contributed by atoms with Crippen molar-refractivity contribution in [3.63, 3.8) is 0 Å². The van der Waals surface area contributed by atoms with E-state index in [0.717, 1.165) is 0 Å². The first-order valence-electron chi connectivity index (χ1n) is 1.77. The Hall–Kier alpha value is -0.0505. The van der Waals surface area contributed by atoms with Gasteiger partial charge in [-0.05, 0) is 0 Å². The summed E-state index contributed by atoms with van der Waals surface area (Å²) in [5.41, 5.74) is 0. The standard InChI is InChI=1S/C3H4O3Se/c7-3-5-1-4-2-6-3/h1-2H2. The molecule has 40 valence electrons. The van der Waals surface area contributed by atoms with E-state index in [1.807, 2.05) is 0 Å². The quantitative estimate of drug-likeness (QED) is 0.443. The zero-order valence-corrected chi connectivity index (χ0v) is 5.26. The Labute approximate surface area is 48.9 Å². The average molecular weight is 167 g/mol. The monoisotopic (exact) mass is 168 g/mol. The topological polar surface area (TPSA) is 27.7 Å². The summed E-state index contributed by atoms with van der Waals surface area (Å²) in [4.78, 5) is 0.464. The van der Waals surface area contributed by atoms with Crippen LogP contribution in [-0.2, 0) is 14.2 Å². The van der Waals surface area contributed by atoms with Crippen molar-refractivity contribution in [1.29, 1.82) is 0 Å². The summed E-state index contributed by atoms with van der Waals surface area (Å²) in [6.45, 7) is 0.588. The molecule has 1 heterocycles. The molecule has 1 aliphatic rings. The molecule has 0 unspecified atom stereocenters. The molecule has 7 heavy (non-hydrogen) atoms. The third kappa shape index (κ3) is 1.47. The van der Waals surface area contributed by atoms with Gasteiger partial charge >= 0.3 is 48.2 Å². The van der Waals surface area contributed by atoms with Crippen LogP contribution in [0.5, 0.6) is 0 Å². The van der Waals surface area contributed by atoms with Gasteiger partial charge in [0.15, 0.2) is 0 Å². The Balaban J connectivity index is 2.25. The summed E-state index contributed by atoms with van der Waals surface area (Å²) < 4.78 is 14.0. The molecule has 1 fully saturated rings. The summed E-state index contributed by atoms with van der Waals surface area (Å²) in [5, 5.41) is 0. The first-order chi connectivity index (χ1) is 3.39. The molecule has 0 spiro atoms. The second kappa shape index (κ2) is 2.31. The van der Waals surface area contributed by atoms with Crippen LogP contribution in [0, 0.1) is 0 Å². The van der Waals surface area contributed by atoms with Crippen LogP contribution in [0.25, 0.3) is 0 Å². The molecule has 0 radical (unpaired) electrons. The fourth-order valence-corrected chi connectivity index (χ4v) is 0.457. The molecule has 0 N–H and O–H groups in total. The number of rotatable bonds is 0. The van der Waals surface area contributed by atoms with Crippen LogP contribution in [0.15, 0.2) is 0 Å². The summed E-state index contributed by atoms with van der Waals surface area (Å²) >= 11 is 2.57. The predicted molar refractivity (Wildman–Crippen MR) is 23.7 cm³/mol. The molecule has 1 saturated heterocycles. The second-order valence-corrected chi connectivity index (χ2v) is 1.68. The van der Waals surface area contributed by atoms with Crippen LogP contribution >= 0.6 is 0 Å². The van der Waals surface area contributed by atoms with E-state index >= 15 is 0 Å². The normalized spacial score (nSPS) is 20.3. The second-order valence-electron chi connectivity index (χ2n) is 0.979. The van der Waals surface area contributed by atoms with Crippen LogP contribution in [0.2, 0.25) is 0 Å². The fourth-order valence-electron chi connectivity index (χ4n) is 0.255. The summed E-state index contributed by atoms with van der Waals surface area (Å²) in [6.07, 6.45) is 0. The Morgan fingerprint density at radius 1 is 1.29 bits per heavy atom. The van der Waals surface area contributed by atoms with Gasteiger partial charge in [-0.3, -0.25) is 0 Å². The van der Waals surface area contributed by atoms with E-state index in [9.17, 15) is 0 Å². The van der Waals surface area contributed by atoms with Crippen LogP contribution < -0.4 is 0 Å². The van der Waals surface area contributed by atoms with Crippen molar-refractivity contribution in [1.82, 2.24) is 0 Å². The first-order valence-corrected chi connectivity index (χ1v) is 2.62. The molecule has 4 heteroatoms. The average Bonchev–Trinajstić information content (AvgIpc) is 1.69. The molecule has 3 nitrogen and oxygen atoms in total. The van der Waals surface area contributed by atoms with E-state index in [0.29, 0.717) is 18.4 Å². The molecule has 1 rings (SSSR count). The van der Waals surface area contributed by atoms with Crippen molar-refractivity contribution < 1.29 is 14.2 Å². The molecular weight excluding hydrogens is 163 g/mol. The minimum atomic E-state index is 0.294. The van der Waals surface area contributed by atoms with Gasteiger partial charge in [0, 0.05) is 0 Å². The molecule has 0 aliphatic carbocycles. The maximum atomic E-state index is 4.69. The number of ether oxygens (including phenoxy) is 3. The Bertz CT molecular complexity index is 74.2. The SMILES string of the molecule is [Se]=C1OCOCO1. The molecule has 0 aromatic carbocycles. The van der Waals surface area contributed by atoms with E-state index in [-0.39, 0.29) is 0 Å². The molecule has 1 aliphatic heterocycles. The summed E-state index contributed by atoms with van der Waals surface area (Å²) in [7, 11) is 0. The van der Waals surface area contributed by atoms with Crippen LogP contribution in [0.1, 0.15) is 0 Å². The minimum absolute atomic E-state index is 0.294. The molecular formula is C3H4O3Se. The van der Waals surface area contributed by atoms with E-state index in [4.69, 9.17) is 9.47 Å². The molecule has 0 atom stereocenters. The predicted octanol–water partition coefficient (Wildman–Crippen LogP) is -0.779. The van der Waals surface area contributed by atoms with E-state index in [2.05, 4.69) is 20.3 Å². The van der Waals surface area contributed by atoms with Gasteiger partial charge < -0.3 is 0 Å².